The Morgan fingerprint density at radius 3 is 2.33 bits per heavy atom. The molecule has 1 aromatic rings. The molecule has 0 amide bonds. The summed E-state index contributed by atoms with van der Waals surface area (Å²) in [5.41, 5.74) is 4.13. The number of methoxy groups -OCH3 is 1. The van der Waals surface area contributed by atoms with E-state index in [0.717, 1.165) is 28.0 Å². The Balaban J connectivity index is 3.05. The fourth-order valence-electron chi connectivity index (χ4n) is 1.93. The van der Waals surface area contributed by atoms with E-state index in [9.17, 15) is 8.42 Å². The number of rotatable bonds is 5. The first-order valence-electron chi connectivity index (χ1n) is 5.93. The van der Waals surface area contributed by atoms with Gasteiger partial charge in [-0.05, 0) is 49.9 Å². The summed E-state index contributed by atoms with van der Waals surface area (Å²) in [5.74, 6) is 0.967. The van der Waals surface area contributed by atoms with Crippen LogP contribution in [0.5, 0.6) is 5.75 Å². The molecule has 0 aliphatic heterocycles. The predicted molar refractivity (Wildman–Crippen MR) is 73.5 cm³/mol. The Morgan fingerprint density at radius 1 is 1.22 bits per heavy atom. The molecule has 0 saturated carbocycles. The van der Waals surface area contributed by atoms with Gasteiger partial charge in [0, 0.05) is 6.54 Å². The van der Waals surface area contributed by atoms with Crippen LogP contribution in [0.15, 0.2) is 6.07 Å². The van der Waals surface area contributed by atoms with Crippen LogP contribution in [-0.4, -0.2) is 21.3 Å². The quantitative estimate of drug-likeness (QED) is 0.892. The molecule has 0 aliphatic carbocycles. The average Bonchev–Trinajstić information content (AvgIpc) is 2.33. The van der Waals surface area contributed by atoms with Gasteiger partial charge in [-0.2, -0.15) is 0 Å². The Bertz CT molecular complexity index is 536. The molecule has 1 aromatic carbocycles. The highest BCUT2D eigenvalue weighted by Gasteiger charge is 2.12. The lowest BCUT2D eigenvalue weighted by atomic mass is 9.99. The number of hydrogen-bond acceptors (Lipinski definition) is 3. The molecule has 0 aromatic heterocycles. The second kappa shape index (κ2) is 5.71. The number of hydrogen-bond donors (Lipinski definition) is 1. The average molecular weight is 271 g/mol. The first kappa shape index (κ1) is 15.0. The summed E-state index contributed by atoms with van der Waals surface area (Å²) in [6, 6.07) is 1.97. The number of ether oxygens (including phenoxy) is 1. The standard InChI is InChI=1S/C13H21NO3S/c1-6-18(15,16)14-8-12-7-9(2)13(17-5)11(4)10(12)3/h7,14H,6,8H2,1-5H3. The zero-order valence-corrected chi connectivity index (χ0v) is 12.4. The largest absolute Gasteiger partial charge is 0.496 e. The fourth-order valence-corrected chi connectivity index (χ4v) is 2.51. The fraction of sp³-hybridized carbons (Fsp3) is 0.538. The molecule has 102 valence electrons. The highest BCUT2D eigenvalue weighted by atomic mass is 32.2. The number of aryl methyl sites for hydroxylation is 1. The summed E-state index contributed by atoms with van der Waals surface area (Å²) in [7, 11) is -1.51. The Hall–Kier alpha value is -1.07. The van der Waals surface area contributed by atoms with Crippen molar-refractivity contribution in [3.63, 3.8) is 0 Å². The van der Waals surface area contributed by atoms with E-state index in [4.69, 9.17) is 4.74 Å². The third-order valence-electron chi connectivity index (χ3n) is 3.20. The van der Waals surface area contributed by atoms with Crippen molar-refractivity contribution < 1.29 is 13.2 Å². The normalized spacial score (nSPS) is 11.6. The Labute approximate surface area is 109 Å². The topological polar surface area (TPSA) is 55.4 Å². The van der Waals surface area contributed by atoms with Crippen LogP contribution in [0.1, 0.15) is 29.2 Å². The lowest BCUT2D eigenvalue weighted by molar-refractivity contribution is 0.408. The number of nitrogens with one attached hydrogen (secondary N) is 1. The van der Waals surface area contributed by atoms with Crippen molar-refractivity contribution >= 4 is 10.0 Å². The molecule has 0 spiro atoms. The zero-order chi connectivity index (χ0) is 13.9. The molecule has 0 unspecified atom stereocenters. The highest BCUT2D eigenvalue weighted by Crippen LogP contribution is 2.28. The minimum absolute atomic E-state index is 0.0974. The van der Waals surface area contributed by atoms with E-state index in [1.54, 1.807) is 14.0 Å². The maximum absolute atomic E-state index is 11.4. The summed E-state index contributed by atoms with van der Waals surface area (Å²) in [6.45, 7) is 7.88. The van der Waals surface area contributed by atoms with Crippen LogP contribution in [-0.2, 0) is 16.6 Å². The van der Waals surface area contributed by atoms with Gasteiger partial charge in [-0.25, -0.2) is 13.1 Å². The number of benzene rings is 1. The second-order valence-corrected chi connectivity index (χ2v) is 6.46. The van der Waals surface area contributed by atoms with Crippen LogP contribution < -0.4 is 9.46 Å². The van der Waals surface area contributed by atoms with Crippen LogP contribution in [0.4, 0.5) is 0 Å². The predicted octanol–water partition coefficient (Wildman–Crippen LogP) is 2.06. The Morgan fingerprint density at radius 2 is 1.83 bits per heavy atom. The minimum Gasteiger partial charge on any atom is -0.496 e. The van der Waals surface area contributed by atoms with Crippen molar-refractivity contribution in [1.82, 2.24) is 4.72 Å². The van der Waals surface area contributed by atoms with Crippen molar-refractivity contribution in [2.24, 2.45) is 0 Å². The molecule has 0 aliphatic rings. The van der Waals surface area contributed by atoms with Crippen LogP contribution in [0.2, 0.25) is 0 Å². The second-order valence-electron chi connectivity index (χ2n) is 4.36. The van der Waals surface area contributed by atoms with Gasteiger partial charge >= 0.3 is 0 Å². The van der Waals surface area contributed by atoms with E-state index >= 15 is 0 Å². The van der Waals surface area contributed by atoms with E-state index in [2.05, 4.69) is 4.72 Å². The molecule has 0 bridgehead atoms. The summed E-state index contributed by atoms with van der Waals surface area (Å²) in [6.07, 6.45) is 0. The van der Waals surface area contributed by atoms with Crippen molar-refractivity contribution in [3.8, 4) is 5.75 Å². The molecule has 18 heavy (non-hydrogen) atoms. The highest BCUT2D eigenvalue weighted by molar-refractivity contribution is 7.89. The first-order chi connectivity index (χ1) is 8.32. The molecule has 0 heterocycles. The molecule has 1 rings (SSSR count). The van der Waals surface area contributed by atoms with Gasteiger partial charge in [0.25, 0.3) is 0 Å². The first-order valence-corrected chi connectivity index (χ1v) is 7.58. The summed E-state index contributed by atoms with van der Waals surface area (Å²) in [5, 5.41) is 0. The van der Waals surface area contributed by atoms with Crippen LogP contribution in [0.25, 0.3) is 0 Å². The molecular formula is C13H21NO3S. The van der Waals surface area contributed by atoms with E-state index in [-0.39, 0.29) is 5.75 Å². The maximum Gasteiger partial charge on any atom is 0.211 e. The SMILES string of the molecule is CCS(=O)(=O)NCc1cc(C)c(OC)c(C)c1C. The Kier molecular flexibility index (Phi) is 4.76. The van der Waals surface area contributed by atoms with Crippen LogP contribution in [0, 0.1) is 20.8 Å². The van der Waals surface area contributed by atoms with Crippen molar-refractivity contribution in [3.05, 3.63) is 28.3 Å². The molecule has 4 nitrogen and oxygen atoms in total. The van der Waals surface area contributed by atoms with Gasteiger partial charge in [0.15, 0.2) is 0 Å². The minimum atomic E-state index is -3.16. The van der Waals surface area contributed by atoms with Gasteiger partial charge < -0.3 is 4.74 Å². The number of sulfonamides is 1. The molecule has 5 heteroatoms. The van der Waals surface area contributed by atoms with E-state index in [1.807, 2.05) is 26.8 Å². The molecular weight excluding hydrogens is 250 g/mol. The van der Waals surface area contributed by atoms with E-state index in [1.165, 1.54) is 0 Å². The third-order valence-corrected chi connectivity index (χ3v) is 4.54. The van der Waals surface area contributed by atoms with Crippen LogP contribution >= 0.6 is 0 Å². The van der Waals surface area contributed by atoms with E-state index in [0.29, 0.717) is 6.54 Å². The zero-order valence-electron chi connectivity index (χ0n) is 11.6. The third kappa shape index (κ3) is 3.23. The summed E-state index contributed by atoms with van der Waals surface area (Å²) < 4.78 is 30.8. The van der Waals surface area contributed by atoms with Gasteiger partial charge in [0.1, 0.15) is 5.75 Å². The monoisotopic (exact) mass is 271 g/mol. The summed E-state index contributed by atoms with van der Waals surface area (Å²) in [4.78, 5) is 0. The van der Waals surface area contributed by atoms with Crippen molar-refractivity contribution in [2.45, 2.75) is 34.2 Å². The van der Waals surface area contributed by atoms with Crippen molar-refractivity contribution in [2.75, 3.05) is 12.9 Å². The van der Waals surface area contributed by atoms with Gasteiger partial charge in [0.2, 0.25) is 10.0 Å². The smallest absolute Gasteiger partial charge is 0.211 e. The molecule has 0 fully saturated rings. The molecule has 0 atom stereocenters. The lowest BCUT2D eigenvalue weighted by Gasteiger charge is -2.16. The maximum atomic E-state index is 11.4. The molecule has 1 N–H and O–H groups in total. The molecule has 0 radical (unpaired) electrons. The van der Waals surface area contributed by atoms with Gasteiger partial charge in [-0.15, -0.1) is 0 Å². The van der Waals surface area contributed by atoms with Gasteiger partial charge in [-0.3, -0.25) is 0 Å². The molecule has 0 saturated heterocycles. The van der Waals surface area contributed by atoms with E-state index < -0.39 is 10.0 Å². The lowest BCUT2D eigenvalue weighted by Crippen LogP contribution is -2.25. The van der Waals surface area contributed by atoms with Gasteiger partial charge in [-0.1, -0.05) is 6.07 Å². The van der Waals surface area contributed by atoms with Gasteiger partial charge in [0.05, 0.1) is 12.9 Å². The van der Waals surface area contributed by atoms with Crippen LogP contribution in [0.3, 0.4) is 0 Å². The van der Waals surface area contributed by atoms with Crippen molar-refractivity contribution in [1.29, 1.82) is 0 Å². The summed E-state index contributed by atoms with van der Waals surface area (Å²) >= 11 is 0.